The van der Waals surface area contributed by atoms with Crippen LogP contribution in [0.3, 0.4) is 0 Å². The third-order valence-corrected chi connectivity index (χ3v) is 4.81. The summed E-state index contributed by atoms with van der Waals surface area (Å²) in [6.07, 6.45) is 1.89. The van der Waals surface area contributed by atoms with Crippen molar-refractivity contribution in [3.8, 4) is 0 Å². The number of rotatable bonds is 5. The van der Waals surface area contributed by atoms with E-state index in [2.05, 4.69) is 10.4 Å². The lowest BCUT2D eigenvalue weighted by Gasteiger charge is -2.16. The van der Waals surface area contributed by atoms with Crippen molar-refractivity contribution in [3.63, 3.8) is 0 Å². The van der Waals surface area contributed by atoms with Crippen molar-refractivity contribution in [2.45, 2.75) is 39.7 Å². The lowest BCUT2D eigenvalue weighted by atomic mass is 10.1. The summed E-state index contributed by atoms with van der Waals surface area (Å²) in [5, 5.41) is 7.29. The highest BCUT2D eigenvalue weighted by Crippen LogP contribution is 2.21. The van der Waals surface area contributed by atoms with Crippen molar-refractivity contribution in [3.05, 3.63) is 46.8 Å². The smallest absolute Gasteiger partial charge is 0.227 e. The Morgan fingerprint density at radius 2 is 1.96 bits per heavy atom. The van der Waals surface area contributed by atoms with E-state index in [0.717, 1.165) is 41.2 Å². The van der Waals surface area contributed by atoms with Crippen LogP contribution in [0.2, 0.25) is 0 Å². The topological polar surface area (TPSA) is 67.2 Å². The molecule has 0 aliphatic carbocycles. The number of amides is 2. The normalized spacial score (nSPS) is 14.2. The van der Waals surface area contributed by atoms with Crippen LogP contribution in [-0.4, -0.2) is 28.1 Å². The highest BCUT2D eigenvalue weighted by atomic mass is 16.2. The molecule has 6 nitrogen and oxygen atoms in total. The number of nitrogens with zero attached hydrogens (tertiary/aromatic N) is 3. The SMILES string of the molecule is Cc1nn(C)c(C)c1CC(=O)NCc1ccc(N2CCCC2=O)cc1. The van der Waals surface area contributed by atoms with Crippen molar-refractivity contribution in [2.75, 3.05) is 11.4 Å². The summed E-state index contributed by atoms with van der Waals surface area (Å²) in [5.41, 5.74) is 4.85. The number of aromatic nitrogens is 2. The van der Waals surface area contributed by atoms with Crippen LogP contribution in [-0.2, 0) is 29.6 Å². The molecule has 1 aromatic carbocycles. The molecule has 1 fully saturated rings. The predicted molar refractivity (Wildman–Crippen MR) is 96.3 cm³/mol. The number of hydrogen-bond acceptors (Lipinski definition) is 3. The average Bonchev–Trinajstić information content (AvgIpc) is 3.12. The zero-order valence-corrected chi connectivity index (χ0v) is 15.0. The van der Waals surface area contributed by atoms with E-state index in [0.29, 0.717) is 19.4 Å². The summed E-state index contributed by atoms with van der Waals surface area (Å²) in [6, 6.07) is 7.81. The summed E-state index contributed by atoms with van der Waals surface area (Å²) in [6.45, 7) is 5.17. The standard InChI is InChI=1S/C19H24N4O2/c1-13-17(14(2)22(3)21-13)11-18(24)20-12-15-6-8-16(9-7-15)23-10-4-5-19(23)25/h6-9H,4-5,10-12H2,1-3H3,(H,20,24). The van der Waals surface area contributed by atoms with Crippen LogP contribution in [0, 0.1) is 13.8 Å². The number of hydrogen-bond donors (Lipinski definition) is 1. The fourth-order valence-corrected chi connectivity index (χ4v) is 3.21. The molecular weight excluding hydrogens is 316 g/mol. The van der Waals surface area contributed by atoms with Gasteiger partial charge in [-0.05, 0) is 38.0 Å². The Morgan fingerprint density at radius 3 is 2.52 bits per heavy atom. The molecule has 1 saturated heterocycles. The van der Waals surface area contributed by atoms with E-state index in [1.54, 1.807) is 4.68 Å². The van der Waals surface area contributed by atoms with Gasteiger partial charge in [0, 0.05) is 43.5 Å². The molecule has 25 heavy (non-hydrogen) atoms. The first-order valence-corrected chi connectivity index (χ1v) is 8.61. The molecular formula is C19H24N4O2. The third-order valence-electron chi connectivity index (χ3n) is 4.81. The molecule has 3 rings (SSSR count). The first-order valence-electron chi connectivity index (χ1n) is 8.61. The second-order valence-electron chi connectivity index (χ2n) is 6.54. The van der Waals surface area contributed by atoms with Crippen molar-refractivity contribution in [1.82, 2.24) is 15.1 Å². The van der Waals surface area contributed by atoms with Gasteiger partial charge in [-0.3, -0.25) is 14.3 Å². The van der Waals surface area contributed by atoms with Gasteiger partial charge in [-0.15, -0.1) is 0 Å². The number of benzene rings is 1. The van der Waals surface area contributed by atoms with Crippen LogP contribution >= 0.6 is 0 Å². The van der Waals surface area contributed by atoms with Gasteiger partial charge in [0.1, 0.15) is 0 Å². The molecule has 2 amide bonds. The van der Waals surface area contributed by atoms with Crippen LogP contribution in [0.1, 0.15) is 35.4 Å². The van der Waals surface area contributed by atoms with Gasteiger partial charge in [-0.2, -0.15) is 5.10 Å². The second-order valence-corrected chi connectivity index (χ2v) is 6.54. The minimum absolute atomic E-state index is 0.0157. The summed E-state index contributed by atoms with van der Waals surface area (Å²) >= 11 is 0. The molecule has 2 aromatic rings. The molecule has 0 saturated carbocycles. The summed E-state index contributed by atoms with van der Waals surface area (Å²) in [7, 11) is 1.89. The van der Waals surface area contributed by atoms with E-state index in [4.69, 9.17) is 0 Å². The van der Waals surface area contributed by atoms with Gasteiger partial charge in [-0.1, -0.05) is 12.1 Å². The van der Waals surface area contributed by atoms with E-state index in [-0.39, 0.29) is 11.8 Å². The fraction of sp³-hybridized carbons (Fsp3) is 0.421. The van der Waals surface area contributed by atoms with Crippen LogP contribution in [0.15, 0.2) is 24.3 Å². The van der Waals surface area contributed by atoms with Crippen LogP contribution in [0.4, 0.5) is 5.69 Å². The molecule has 0 bridgehead atoms. The average molecular weight is 340 g/mol. The van der Waals surface area contributed by atoms with Gasteiger partial charge < -0.3 is 10.2 Å². The van der Waals surface area contributed by atoms with E-state index >= 15 is 0 Å². The van der Waals surface area contributed by atoms with Gasteiger partial charge in [0.05, 0.1) is 12.1 Å². The molecule has 6 heteroatoms. The fourth-order valence-electron chi connectivity index (χ4n) is 3.21. The number of carbonyl (C=O) groups is 2. The first-order chi connectivity index (χ1) is 12.0. The molecule has 1 aliphatic heterocycles. The summed E-state index contributed by atoms with van der Waals surface area (Å²) in [5.74, 6) is 0.168. The number of carbonyl (C=O) groups excluding carboxylic acids is 2. The summed E-state index contributed by atoms with van der Waals surface area (Å²) in [4.78, 5) is 25.8. The number of nitrogens with one attached hydrogen (secondary N) is 1. The Balaban J connectivity index is 1.56. The molecule has 0 spiro atoms. The summed E-state index contributed by atoms with van der Waals surface area (Å²) < 4.78 is 1.80. The number of anilines is 1. The first kappa shape index (κ1) is 17.2. The maximum atomic E-state index is 12.2. The van der Waals surface area contributed by atoms with E-state index < -0.39 is 0 Å². The zero-order valence-electron chi connectivity index (χ0n) is 15.0. The van der Waals surface area contributed by atoms with E-state index in [1.807, 2.05) is 50.1 Å². The van der Waals surface area contributed by atoms with E-state index in [9.17, 15) is 9.59 Å². The van der Waals surface area contributed by atoms with Crippen LogP contribution in [0.5, 0.6) is 0 Å². The van der Waals surface area contributed by atoms with Gasteiger partial charge in [0.25, 0.3) is 0 Å². The van der Waals surface area contributed by atoms with Crippen molar-refractivity contribution >= 4 is 17.5 Å². The van der Waals surface area contributed by atoms with Crippen LogP contribution < -0.4 is 10.2 Å². The van der Waals surface area contributed by atoms with Crippen molar-refractivity contribution < 1.29 is 9.59 Å². The predicted octanol–water partition coefficient (Wildman–Crippen LogP) is 2.02. The highest BCUT2D eigenvalue weighted by molar-refractivity contribution is 5.95. The molecule has 0 atom stereocenters. The van der Waals surface area contributed by atoms with Gasteiger partial charge >= 0.3 is 0 Å². The largest absolute Gasteiger partial charge is 0.352 e. The Labute approximate surface area is 147 Å². The zero-order chi connectivity index (χ0) is 18.0. The van der Waals surface area contributed by atoms with Crippen molar-refractivity contribution in [2.24, 2.45) is 7.05 Å². The Kier molecular flexibility index (Phi) is 4.88. The molecule has 0 unspecified atom stereocenters. The Morgan fingerprint density at radius 1 is 1.24 bits per heavy atom. The van der Waals surface area contributed by atoms with Gasteiger partial charge in [0.2, 0.25) is 11.8 Å². The monoisotopic (exact) mass is 340 g/mol. The quantitative estimate of drug-likeness (QED) is 0.905. The second kappa shape index (κ2) is 7.09. The minimum Gasteiger partial charge on any atom is -0.352 e. The number of aryl methyl sites for hydroxylation is 2. The lowest BCUT2D eigenvalue weighted by Crippen LogP contribution is -2.25. The highest BCUT2D eigenvalue weighted by Gasteiger charge is 2.21. The van der Waals surface area contributed by atoms with Crippen molar-refractivity contribution in [1.29, 1.82) is 0 Å². The maximum absolute atomic E-state index is 12.2. The Hall–Kier alpha value is -2.63. The molecule has 2 heterocycles. The van der Waals surface area contributed by atoms with E-state index in [1.165, 1.54) is 0 Å². The molecule has 1 aliphatic rings. The molecule has 0 radical (unpaired) electrons. The maximum Gasteiger partial charge on any atom is 0.227 e. The molecule has 1 aromatic heterocycles. The third kappa shape index (κ3) is 3.73. The lowest BCUT2D eigenvalue weighted by molar-refractivity contribution is -0.120. The molecule has 1 N–H and O–H groups in total. The minimum atomic E-state index is -0.0157. The van der Waals surface area contributed by atoms with Crippen LogP contribution in [0.25, 0.3) is 0 Å². The molecule has 132 valence electrons. The van der Waals surface area contributed by atoms with Gasteiger partial charge in [-0.25, -0.2) is 0 Å². The van der Waals surface area contributed by atoms with Gasteiger partial charge in [0.15, 0.2) is 0 Å². The Bertz CT molecular complexity index is 793.